The maximum Gasteiger partial charge on any atom is 0.255 e. The van der Waals surface area contributed by atoms with E-state index in [0.717, 1.165) is 56.3 Å². The van der Waals surface area contributed by atoms with Crippen molar-refractivity contribution in [1.82, 2.24) is 14.7 Å². The van der Waals surface area contributed by atoms with E-state index in [1.54, 1.807) is 16.9 Å². The number of amides is 1. The molecule has 0 atom stereocenters. The maximum absolute atomic E-state index is 13.1. The molecule has 1 amide bonds. The normalized spacial score (nSPS) is 14.7. The van der Waals surface area contributed by atoms with E-state index in [2.05, 4.69) is 15.3 Å². The molecule has 1 aliphatic rings. The Morgan fingerprint density at radius 3 is 2.78 bits per heavy atom. The lowest BCUT2D eigenvalue weighted by atomic mass is 10.1. The summed E-state index contributed by atoms with van der Waals surface area (Å²) in [5, 5.41) is 7.13. The minimum Gasteiger partial charge on any atom is -0.492 e. The molecule has 2 heterocycles. The summed E-state index contributed by atoms with van der Waals surface area (Å²) >= 11 is 0. The van der Waals surface area contributed by atoms with Crippen molar-refractivity contribution in [3.63, 3.8) is 0 Å². The van der Waals surface area contributed by atoms with Crippen LogP contribution >= 0.6 is 0 Å². The minimum atomic E-state index is -0.380. The molecule has 0 radical (unpaired) electrons. The maximum atomic E-state index is 13.1. The molecular formula is C24H27FN4O3. The standard InChI is InChI=1S/C24H27FN4O3/c1-28-22(9-10-26-28)21-17-20(27-24(30)18-3-5-19(25)6-4-18)7-8-23(21)32-16-13-29-11-2-14-31-15-12-29/h3-10,17H,2,11-16H2,1H3,(H,27,30). The lowest BCUT2D eigenvalue weighted by Gasteiger charge is -2.20. The highest BCUT2D eigenvalue weighted by Crippen LogP contribution is 2.32. The summed E-state index contributed by atoms with van der Waals surface area (Å²) < 4.78 is 26.6. The van der Waals surface area contributed by atoms with Crippen LogP contribution in [0.3, 0.4) is 0 Å². The Bertz CT molecular complexity index is 1040. The van der Waals surface area contributed by atoms with Gasteiger partial charge in [-0.2, -0.15) is 5.10 Å². The second-order valence-corrected chi connectivity index (χ2v) is 7.67. The fourth-order valence-corrected chi connectivity index (χ4v) is 3.68. The molecule has 8 heteroatoms. The fraction of sp³-hybridized carbons (Fsp3) is 0.333. The molecule has 2 aromatic carbocycles. The molecule has 168 valence electrons. The van der Waals surface area contributed by atoms with E-state index < -0.39 is 0 Å². The Morgan fingerprint density at radius 2 is 2.00 bits per heavy atom. The molecule has 4 rings (SSSR count). The lowest BCUT2D eigenvalue weighted by molar-refractivity contribution is 0.102. The summed E-state index contributed by atoms with van der Waals surface area (Å²) in [7, 11) is 1.86. The second kappa shape index (κ2) is 10.4. The Labute approximate surface area is 186 Å². The first kappa shape index (κ1) is 22.0. The molecule has 1 N–H and O–H groups in total. The largest absolute Gasteiger partial charge is 0.492 e. The molecule has 1 saturated heterocycles. The Balaban J connectivity index is 1.49. The third-order valence-electron chi connectivity index (χ3n) is 5.42. The van der Waals surface area contributed by atoms with E-state index in [1.165, 1.54) is 24.3 Å². The van der Waals surface area contributed by atoms with Gasteiger partial charge in [0.1, 0.15) is 18.2 Å². The summed E-state index contributed by atoms with van der Waals surface area (Å²) in [5.74, 6) is 0.0340. The van der Waals surface area contributed by atoms with Crippen molar-refractivity contribution in [2.24, 2.45) is 7.05 Å². The number of carbonyl (C=O) groups is 1. The van der Waals surface area contributed by atoms with E-state index >= 15 is 0 Å². The predicted octanol–water partition coefficient (Wildman–Crippen LogP) is 3.58. The van der Waals surface area contributed by atoms with Crippen molar-refractivity contribution in [2.45, 2.75) is 6.42 Å². The zero-order valence-corrected chi connectivity index (χ0v) is 18.1. The van der Waals surface area contributed by atoms with Gasteiger partial charge in [0.25, 0.3) is 5.91 Å². The topological polar surface area (TPSA) is 68.6 Å². The number of anilines is 1. The molecule has 0 unspecified atom stereocenters. The summed E-state index contributed by atoms with van der Waals surface area (Å²) in [4.78, 5) is 14.9. The van der Waals surface area contributed by atoms with Crippen molar-refractivity contribution >= 4 is 11.6 Å². The van der Waals surface area contributed by atoms with Gasteiger partial charge in [0.15, 0.2) is 0 Å². The molecular weight excluding hydrogens is 411 g/mol. The van der Waals surface area contributed by atoms with Crippen LogP contribution < -0.4 is 10.1 Å². The molecule has 1 fully saturated rings. The van der Waals surface area contributed by atoms with Gasteiger partial charge in [-0.1, -0.05) is 0 Å². The van der Waals surface area contributed by atoms with Crippen molar-refractivity contribution in [3.05, 3.63) is 66.1 Å². The van der Waals surface area contributed by atoms with Gasteiger partial charge in [0.2, 0.25) is 0 Å². The van der Waals surface area contributed by atoms with Crippen molar-refractivity contribution in [2.75, 3.05) is 44.8 Å². The first-order chi connectivity index (χ1) is 15.6. The van der Waals surface area contributed by atoms with E-state index in [4.69, 9.17) is 9.47 Å². The molecule has 1 aromatic heterocycles. The molecule has 32 heavy (non-hydrogen) atoms. The van der Waals surface area contributed by atoms with Crippen LogP contribution in [0.1, 0.15) is 16.8 Å². The average molecular weight is 439 g/mol. The third kappa shape index (κ3) is 5.52. The van der Waals surface area contributed by atoms with Crippen LogP contribution in [0.15, 0.2) is 54.7 Å². The molecule has 0 spiro atoms. The monoisotopic (exact) mass is 438 g/mol. The number of nitrogens with zero attached hydrogens (tertiary/aromatic N) is 3. The number of aromatic nitrogens is 2. The highest BCUT2D eigenvalue weighted by atomic mass is 19.1. The highest BCUT2D eigenvalue weighted by molar-refractivity contribution is 6.04. The minimum absolute atomic E-state index is 0.307. The molecule has 1 aliphatic heterocycles. The number of halogens is 1. The quantitative estimate of drug-likeness (QED) is 0.611. The zero-order valence-electron chi connectivity index (χ0n) is 18.1. The van der Waals surface area contributed by atoms with Gasteiger partial charge in [-0.15, -0.1) is 0 Å². The number of nitrogens with one attached hydrogen (secondary N) is 1. The molecule has 0 saturated carbocycles. The van der Waals surface area contributed by atoms with Gasteiger partial charge in [0, 0.05) is 56.3 Å². The summed E-state index contributed by atoms with van der Waals surface area (Å²) in [6.07, 6.45) is 2.75. The molecule has 0 bridgehead atoms. The third-order valence-corrected chi connectivity index (χ3v) is 5.42. The number of carbonyl (C=O) groups excluding carboxylic acids is 1. The SMILES string of the molecule is Cn1nccc1-c1cc(NC(=O)c2ccc(F)cc2)ccc1OCCN1CCCOCC1. The van der Waals surface area contributed by atoms with E-state index in [9.17, 15) is 9.18 Å². The van der Waals surface area contributed by atoms with Gasteiger partial charge in [-0.3, -0.25) is 14.4 Å². The first-order valence-electron chi connectivity index (χ1n) is 10.7. The van der Waals surface area contributed by atoms with Gasteiger partial charge in [0.05, 0.1) is 12.3 Å². The smallest absolute Gasteiger partial charge is 0.255 e. The van der Waals surface area contributed by atoms with E-state index in [1.807, 2.05) is 25.2 Å². The van der Waals surface area contributed by atoms with Gasteiger partial charge in [-0.25, -0.2) is 4.39 Å². The molecule has 3 aromatic rings. The Morgan fingerprint density at radius 1 is 1.16 bits per heavy atom. The first-order valence-corrected chi connectivity index (χ1v) is 10.7. The van der Waals surface area contributed by atoms with E-state index in [-0.39, 0.29) is 11.7 Å². The Hall–Kier alpha value is -3.23. The number of hydrogen-bond acceptors (Lipinski definition) is 5. The number of hydrogen-bond donors (Lipinski definition) is 1. The number of ether oxygens (including phenoxy) is 2. The van der Waals surface area contributed by atoms with Gasteiger partial charge in [-0.05, 0) is 55.0 Å². The highest BCUT2D eigenvalue weighted by Gasteiger charge is 2.15. The van der Waals surface area contributed by atoms with Crippen LogP contribution in [0.2, 0.25) is 0 Å². The van der Waals surface area contributed by atoms with Crippen LogP contribution in [0.5, 0.6) is 5.75 Å². The van der Waals surface area contributed by atoms with Crippen molar-refractivity contribution in [1.29, 1.82) is 0 Å². The fourth-order valence-electron chi connectivity index (χ4n) is 3.68. The lowest BCUT2D eigenvalue weighted by Crippen LogP contribution is -2.30. The number of aryl methyl sites for hydroxylation is 1. The second-order valence-electron chi connectivity index (χ2n) is 7.67. The number of rotatable bonds is 7. The van der Waals surface area contributed by atoms with Crippen molar-refractivity contribution in [3.8, 4) is 17.0 Å². The van der Waals surface area contributed by atoms with Crippen molar-refractivity contribution < 1.29 is 18.7 Å². The summed E-state index contributed by atoms with van der Waals surface area (Å²) in [5.41, 5.74) is 2.71. The van der Waals surface area contributed by atoms with Crippen LogP contribution in [0.4, 0.5) is 10.1 Å². The van der Waals surface area contributed by atoms with E-state index in [0.29, 0.717) is 17.9 Å². The Kier molecular flexibility index (Phi) is 7.14. The molecule has 7 nitrogen and oxygen atoms in total. The zero-order chi connectivity index (χ0) is 22.3. The predicted molar refractivity (Wildman–Crippen MR) is 120 cm³/mol. The number of benzene rings is 2. The molecule has 0 aliphatic carbocycles. The van der Waals surface area contributed by atoms with Crippen LogP contribution in [0, 0.1) is 5.82 Å². The summed E-state index contributed by atoms with van der Waals surface area (Å²) in [6.45, 7) is 4.85. The van der Waals surface area contributed by atoms with Crippen LogP contribution in [-0.4, -0.2) is 60.0 Å². The van der Waals surface area contributed by atoms with Gasteiger partial charge < -0.3 is 14.8 Å². The van der Waals surface area contributed by atoms with Crippen LogP contribution in [-0.2, 0) is 11.8 Å². The van der Waals surface area contributed by atoms with Crippen LogP contribution in [0.25, 0.3) is 11.3 Å². The average Bonchev–Trinajstić information content (AvgIpc) is 3.05. The summed E-state index contributed by atoms with van der Waals surface area (Å²) in [6, 6.07) is 12.9. The van der Waals surface area contributed by atoms with Gasteiger partial charge >= 0.3 is 0 Å².